The lowest BCUT2D eigenvalue weighted by Gasteiger charge is -2.45. The van der Waals surface area contributed by atoms with Crippen LogP contribution in [0.5, 0.6) is 0 Å². The summed E-state index contributed by atoms with van der Waals surface area (Å²) in [5, 5.41) is 9.40. The molecule has 3 fully saturated rings. The summed E-state index contributed by atoms with van der Waals surface area (Å²) in [6.07, 6.45) is 5.18. The van der Waals surface area contributed by atoms with E-state index in [2.05, 4.69) is 63.7 Å². The number of halogens is 1. The van der Waals surface area contributed by atoms with E-state index in [-0.39, 0.29) is 34.6 Å². The molecule has 0 aromatic heterocycles. The number of ether oxygens (including phenoxy) is 1. The molecule has 1 N–H and O–H groups in total. The third-order valence-electron chi connectivity index (χ3n) is 8.17. The molecule has 6 atom stereocenters. The number of carbonyl (C=O) groups is 3. The summed E-state index contributed by atoms with van der Waals surface area (Å²) in [7, 11) is 1.70. The molecule has 0 radical (unpaired) electrons. The van der Waals surface area contributed by atoms with Gasteiger partial charge in [-0.2, -0.15) is 0 Å². The third kappa shape index (κ3) is 5.48. The fourth-order valence-electron chi connectivity index (χ4n) is 7.17. The lowest BCUT2D eigenvalue weighted by molar-refractivity contribution is -0.153. The summed E-state index contributed by atoms with van der Waals surface area (Å²) in [6, 6.07) is -0.856. The van der Waals surface area contributed by atoms with Crippen molar-refractivity contribution in [1.29, 1.82) is 0 Å². The highest BCUT2D eigenvalue weighted by Crippen LogP contribution is 2.60. The average molecular weight is 597 g/mol. The molecular weight excluding hydrogens is 550 g/mol. The Balaban J connectivity index is 2.09. The summed E-state index contributed by atoms with van der Waals surface area (Å²) >= 11 is 3.73. The highest BCUT2D eigenvalue weighted by molar-refractivity contribution is 9.09. The Hall–Kier alpha value is -1.71. The Kier molecular flexibility index (Phi) is 9.26. The molecule has 3 unspecified atom stereocenters. The van der Waals surface area contributed by atoms with Crippen LogP contribution in [-0.4, -0.2) is 98.9 Å². The Bertz CT molecular complexity index is 947. The van der Waals surface area contributed by atoms with Crippen molar-refractivity contribution in [3.8, 4) is 0 Å². The minimum atomic E-state index is -1.10. The van der Waals surface area contributed by atoms with Crippen molar-refractivity contribution in [2.75, 3.05) is 33.3 Å². The molecule has 0 saturated carbocycles. The number of aliphatic hydroxyl groups excluding tert-OH is 1. The van der Waals surface area contributed by atoms with Crippen molar-refractivity contribution in [1.82, 2.24) is 14.7 Å². The number of nitrogens with zero attached hydrogens (tertiary/aromatic N) is 3. The van der Waals surface area contributed by atoms with Gasteiger partial charge in [-0.15, -0.1) is 13.2 Å². The molecule has 3 amide bonds. The van der Waals surface area contributed by atoms with E-state index in [1.165, 1.54) is 0 Å². The van der Waals surface area contributed by atoms with Gasteiger partial charge < -0.3 is 24.5 Å². The van der Waals surface area contributed by atoms with Gasteiger partial charge in [0.15, 0.2) is 0 Å². The molecule has 8 nitrogen and oxygen atoms in total. The van der Waals surface area contributed by atoms with Crippen LogP contribution in [0.1, 0.15) is 60.3 Å². The number of hydrogen-bond donors (Lipinski definition) is 1. The van der Waals surface area contributed by atoms with Gasteiger partial charge in [0, 0.05) is 43.7 Å². The standard InChI is InChI=1S/C29H46BrN3O5/c1-9-13-31(8)24(35)20-21-25(36)32(15-11-12-16-34)23(29(21)17-19(30)22(20)38-29)26(37)33(14-10-2)28(6,7)18-27(3,4)5/h9-10,19-23,34H,1-2,11-18H2,3-8H3/t19?,20-,21+,22-,23?,29?/m1/s1. The lowest BCUT2D eigenvalue weighted by atomic mass is 9.70. The van der Waals surface area contributed by atoms with E-state index < -0.39 is 35.1 Å². The zero-order valence-corrected chi connectivity index (χ0v) is 25.5. The Morgan fingerprint density at radius 3 is 2.34 bits per heavy atom. The molecule has 0 aliphatic carbocycles. The van der Waals surface area contributed by atoms with Gasteiger partial charge in [-0.1, -0.05) is 48.9 Å². The molecule has 3 heterocycles. The number of rotatable bonds is 12. The van der Waals surface area contributed by atoms with Crippen molar-refractivity contribution in [2.45, 2.75) is 88.4 Å². The van der Waals surface area contributed by atoms with Gasteiger partial charge in [0.1, 0.15) is 11.6 Å². The van der Waals surface area contributed by atoms with Crippen LogP contribution in [0.3, 0.4) is 0 Å². The molecule has 0 aromatic rings. The van der Waals surface area contributed by atoms with E-state index in [9.17, 15) is 19.5 Å². The second-order valence-corrected chi connectivity index (χ2v) is 14.1. The first-order valence-electron chi connectivity index (χ1n) is 13.7. The molecule has 1 spiro atoms. The summed E-state index contributed by atoms with van der Waals surface area (Å²) in [4.78, 5) is 47.3. The second kappa shape index (κ2) is 11.4. The van der Waals surface area contributed by atoms with Gasteiger partial charge >= 0.3 is 0 Å². The quantitative estimate of drug-likeness (QED) is 0.212. The average Bonchev–Trinajstić information content (AvgIpc) is 3.39. The van der Waals surface area contributed by atoms with Gasteiger partial charge in [0.2, 0.25) is 17.7 Å². The van der Waals surface area contributed by atoms with Crippen molar-refractivity contribution in [2.24, 2.45) is 17.3 Å². The van der Waals surface area contributed by atoms with Gasteiger partial charge in [0.25, 0.3) is 0 Å². The molecule has 3 aliphatic heterocycles. The first kappa shape index (κ1) is 30.8. The number of likely N-dealkylation sites (tertiary alicyclic amines) is 1. The first-order valence-corrected chi connectivity index (χ1v) is 14.6. The van der Waals surface area contributed by atoms with Crippen LogP contribution in [0, 0.1) is 17.3 Å². The van der Waals surface area contributed by atoms with Crippen molar-refractivity contribution in [3.05, 3.63) is 25.3 Å². The summed E-state index contributed by atoms with van der Waals surface area (Å²) in [6.45, 7) is 19.2. The fraction of sp³-hybridized carbons (Fsp3) is 0.759. The zero-order valence-electron chi connectivity index (χ0n) is 23.9. The van der Waals surface area contributed by atoms with Gasteiger partial charge in [-0.05, 0) is 44.9 Å². The smallest absolute Gasteiger partial charge is 0.249 e. The van der Waals surface area contributed by atoms with Crippen molar-refractivity contribution >= 4 is 33.7 Å². The molecular formula is C29H46BrN3O5. The van der Waals surface area contributed by atoms with Gasteiger partial charge in [-0.25, -0.2) is 0 Å². The summed E-state index contributed by atoms with van der Waals surface area (Å²) < 4.78 is 6.64. The lowest BCUT2D eigenvalue weighted by Crippen LogP contribution is -2.61. The highest BCUT2D eigenvalue weighted by atomic mass is 79.9. The maximum absolute atomic E-state index is 14.6. The van der Waals surface area contributed by atoms with E-state index in [0.717, 1.165) is 6.42 Å². The van der Waals surface area contributed by atoms with Crippen LogP contribution in [-0.2, 0) is 19.1 Å². The van der Waals surface area contributed by atoms with Crippen LogP contribution in [0.25, 0.3) is 0 Å². The molecule has 3 rings (SSSR count). The number of hydrogen-bond acceptors (Lipinski definition) is 5. The van der Waals surface area contributed by atoms with Crippen molar-refractivity contribution < 1.29 is 24.2 Å². The largest absolute Gasteiger partial charge is 0.396 e. The number of likely N-dealkylation sites (N-methyl/N-ethyl adjacent to an activating group) is 1. The predicted molar refractivity (Wildman–Crippen MR) is 152 cm³/mol. The van der Waals surface area contributed by atoms with Gasteiger partial charge in [0.05, 0.1) is 17.9 Å². The molecule has 0 aromatic carbocycles. The van der Waals surface area contributed by atoms with Crippen LogP contribution >= 0.6 is 15.9 Å². The maximum Gasteiger partial charge on any atom is 0.249 e. The monoisotopic (exact) mass is 595 g/mol. The normalized spacial score (nSPS) is 30.4. The Morgan fingerprint density at radius 2 is 1.79 bits per heavy atom. The number of alkyl halides is 1. The van der Waals surface area contributed by atoms with Crippen LogP contribution in [0.4, 0.5) is 0 Å². The highest BCUT2D eigenvalue weighted by Gasteiger charge is 2.77. The van der Waals surface area contributed by atoms with E-state index in [1.807, 2.05) is 4.90 Å². The molecule has 214 valence electrons. The molecule has 38 heavy (non-hydrogen) atoms. The number of carbonyl (C=O) groups excluding carboxylic acids is 3. The second-order valence-electron chi connectivity index (χ2n) is 12.9. The topological polar surface area (TPSA) is 90.4 Å². The zero-order chi connectivity index (χ0) is 28.6. The van der Waals surface area contributed by atoms with Crippen LogP contribution in [0.2, 0.25) is 0 Å². The van der Waals surface area contributed by atoms with E-state index in [1.54, 1.807) is 29.0 Å². The van der Waals surface area contributed by atoms with Gasteiger partial charge in [-0.3, -0.25) is 14.4 Å². The minimum absolute atomic E-state index is 0.00588. The maximum atomic E-state index is 14.6. The molecule has 9 heteroatoms. The molecule has 2 bridgehead atoms. The number of amides is 3. The summed E-state index contributed by atoms with van der Waals surface area (Å²) in [5.41, 5.74) is -1.65. The number of fused-ring (bicyclic) bond motifs is 1. The number of unbranched alkanes of at least 4 members (excludes halogenated alkanes) is 1. The Morgan fingerprint density at radius 1 is 1.16 bits per heavy atom. The molecule has 3 aliphatic rings. The summed E-state index contributed by atoms with van der Waals surface area (Å²) in [5.74, 6) is -1.97. The Labute approximate surface area is 236 Å². The molecule has 3 saturated heterocycles. The predicted octanol–water partition coefficient (Wildman–Crippen LogP) is 3.38. The van der Waals surface area contributed by atoms with Crippen LogP contribution < -0.4 is 0 Å². The first-order chi connectivity index (χ1) is 17.7. The van der Waals surface area contributed by atoms with E-state index >= 15 is 0 Å². The number of aliphatic hydroxyl groups is 1. The van der Waals surface area contributed by atoms with Crippen LogP contribution in [0.15, 0.2) is 25.3 Å². The van der Waals surface area contributed by atoms with E-state index in [4.69, 9.17) is 4.74 Å². The third-order valence-corrected chi connectivity index (χ3v) is 9.01. The SMILES string of the molecule is C=CCN(C)C(=O)[C@H]1[C@@H]2OC3(CC2Br)C(C(=O)N(CC=C)C(C)(C)CC(C)(C)C)N(CCCCO)C(=O)[C@H]13. The van der Waals surface area contributed by atoms with Crippen molar-refractivity contribution in [3.63, 3.8) is 0 Å². The van der Waals surface area contributed by atoms with E-state index in [0.29, 0.717) is 38.9 Å². The fourth-order valence-corrected chi connectivity index (χ4v) is 8.11. The minimum Gasteiger partial charge on any atom is -0.396 e.